The lowest BCUT2D eigenvalue weighted by Crippen LogP contribution is -2.42. The van der Waals surface area contributed by atoms with Crippen LogP contribution in [0.5, 0.6) is 0 Å². The van der Waals surface area contributed by atoms with Crippen molar-refractivity contribution in [3.8, 4) is 0 Å². The second kappa shape index (κ2) is 7.33. The zero-order chi connectivity index (χ0) is 19.0. The van der Waals surface area contributed by atoms with Crippen molar-refractivity contribution in [2.24, 2.45) is 11.8 Å². The van der Waals surface area contributed by atoms with E-state index in [1.54, 1.807) is 0 Å². The highest BCUT2D eigenvalue weighted by molar-refractivity contribution is 5.84. The maximum absolute atomic E-state index is 12.6. The highest BCUT2D eigenvalue weighted by atomic mass is 16.4. The Hall–Kier alpha value is -2.37. The predicted molar refractivity (Wildman–Crippen MR) is 98.9 cm³/mol. The van der Waals surface area contributed by atoms with Crippen molar-refractivity contribution in [3.63, 3.8) is 0 Å². The van der Waals surface area contributed by atoms with Crippen LogP contribution in [-0.4, -0.2) is 46.4 Å². The zero-order valence-corrected chi connectivity index (χ0v) is 15.3. The van der Waals surface area contributed by atoms with E-state index in [9.17, 15) is 19.5 Å². The van der Waals surface area contributed by atoms with Gasteiger partial charge in [0, 0.05) is 30.8 Å². The normalized spacial score (nSPS) is 33.0. The number of carboxylic acid groups (broad SMARTS) is 1. The van der Waals surface area contributed by atoms with Crippen molar-refractivity contribution < 1.29 is 19.5 Å². The Morgan fingerprint density at radius 3 is 2.56 bits per heavy atom. The number of rotatable bonds is 5. The Morgan fingerprint density at radius 2 is 1.81 bits per heavy atom. The number of carboxylic acids is 1. The molecule has 1 aromatic carbocycles. The Kier molecular flexibility index (Phi) is 4.89. The number of nitrogens with zero attached hydrogens (tertiary/aromatic N) is 1. The van der Waals surface area contributed by atoms with E-state index in [0.717, 1.165) is 19.3 Å². The van der Waals surface area contributed by atoms with Crippen LogP contribution in [0.3, 0.4) is 0 Å². The molecule has 27 heavy (non-hydrogen) atoms. The molecule has 1 aliphatic heterocycles. The van der Waals surface area contributed by atoms with Gasteiger partial charge in [-0.15, -0.1) is 0 Å². The first-order valence-corrected chi connectivity index (χ1v) is 9.90. The van der Waals surface area contributed by atoms with Crippen LogP contribution in [0.25, 0.3) is 0 Å². The van der Waals surface area contributed by atoms with Gasteiger partial charge >= 0.3 is 5.97 Å². The lowest BCUT2D eigenvalue weighted by molar-refractivity contribution is -0.144. The third-order valence-electron chi connectivity index (χ3n) is 6.28. The highest BCUT2D eigenvalue weighted by Crippen LogP contribution is 2.46. The fourth-order valence-electron chi connectivity index (χ4n) is 4.70. The Labute approximate surface area is 158 Å². The molecule has 2 saturated carbocycles. The van der Waals surface area contributed by atoms with Crippen LogP contribution in [0, 0.1) is 11.8 Å². The van der Waals surface area contributed by atoms with E-state index in [1.165, 1.54) is 5.56 Å². The summed E-state index contributed by atoms with van der Waals surface area (Å²) in [5.41, 5.74) is 1.27. The molecule has 144 valence electrons. The van der Waals surface area contributed by atoms with Crippen LogP contribution in [0.4, 0.5) is 0 Å². The summed E-state index contributed by atoms with van der Waals surface area (Å²) in [6.45, 7) is 0.563. The second-order valence-electron chi connectivity index (χ2n) is 8.17. The first-order chi connectivity index (χ1) is 13.0. The Bertz CT molecular complexity index is 735. The van der Waals surface area contributed by atoms with E-state index in [-0.39, 0.29) is 29.8 Å². The SMILES string of the molecule is O=C(O)C1CCCC(C(=O)NC2CC(=O)N(C3CC3c3ccccc3)C2)C1. The number of carbonyl (C=O) groups excluding carboxylic acids is 2. The number of hydrogen-bond acceptors (Lipinski definition) is 3. The van der Waals surface area contributed by atoms with Crippen LogP contribution >= 0.6 is 0 Å². The van der Waals surface area contributed by atoms with Gasteiger partial charge < -0.3 is 15.3 Å². The lowest BCUT2D eigenvalue weighted by atomic mass is 9.81. The molecule has 0 radical (unpaired) electrons. The molecule has 4 rings (SSSR count). The minimum atomic E-state index is -0.810. The maximum atomic E-state index is 12.6. The maximum Gasteiger partial charge on any atom is 0.306 e. The zero-order valence-electron chi connectivity index (χ0n) is 15.3. The van der Waals surface area contributed by atoms with Gasteiger partial charge in [-0.2, -0.15) is 0 Å². The van der Waals surface area contributed by atoms with Crippen molar-refractivity contribution in [3.05, 3.63) is 35.9 Å². The quantitative estimate of drug-likeness (QED) is 0.831. The van der Waals surface area contributed by atoms with E-state index >= 15 is 0 Å². The molecule has 2 N–H and O–H groups in total. The molecular weight excluding hydrogens is 344 g/mol. The monoisotopic (exact) mass is 370 g/mol. The average molecular weight is 370 g/mol. The van der Waals surface area contributed by atoms with Gasteiger partial charge in [-0.3, -0.25) is 14.4 Å². The molecule has 2 aliphatic carbocycles. The lowest BCUT2D eigenvalue weighted by Gasteiger charge is -2.27. The minimum absolute atomic E-state index is 0.0870. The number of benzene rings is 1. The van der Waals surface area contributed by atoms with Crippen LogP contribution in [0.15, 0.2) is 30.3 Å². The summed E-state index contributed by atoms with van der Waals surface area (Å²) in [6.07, 6.45) is 3.89. The standard InChI is InChI=1S/C21H26N2O4/c24-19-10-16(22-20(25)14-7-4-8-15(9-14)21(26)27)12-23(19)18-11-17(18)13-5-2-1-3-6-13/h1-3,5-6,14-18H,4,7-12H2,(H,22,25)(H,26,27). The highest BCUT2D eigenvalue weighted by Gasteiger charge is 2.48. The summed E-state index contributed by atoms with van der Waals surface area (Å²) in [4.78, 5) is 38.1. The number of nitrogens with one attached hydrogen (secondary N) is 1. The number of likely N-dealkylation sites (tertiary alicyclic amines) is 1. The van der Waals surface area contributed by atoms with E-state index in [0.29, 0.717) is 31.7 Å². The molecule has 6 heteroatoms. The van der Waals surface area contributed by atoms with Gasteiger partial charge in [-0.25, -0.2) is 0 Å². The molecule has 0 spiro atoms. The van der Waals surface area contributed by atoms with Gasteiger partial charge in [0.15, 0.2) is 0 Å². The second-order valence-corrected chi connectivity index (χ2v) is 8.17. The molecule has 3 fully saturated rings. The van der Waals surface area contributed by atoms with Crippen molar-refractivity contribution >= 4 is 17.8 Å². The van der Waals surface area contributed by atoms with Crippen LogP contribution in [0.2, 0.25) is 0 Å². The number of carbonyl (C=O) groups is 3. The van der Waals surface area contributed by atoms with E-state index in [2.05, 4.69) is 17.4 Å². The fourth-order valence-corrected chi connectivity index (χ4v) is 4.70. The first kappa shape index (κ1) is 18.0. The summed E-state index contributed by atoms with van der Waals surface area (Å²) >= 11 is 0. The average Bonchev–Trinajstić information content (AvgIpc) is 3.39. The van der Waals surface area contributed by atoms with Gasteiger partial charge in [0.05, 0.1) is 12.0 Å². The van der Waals surface area contributed by atoms with Gasteiger partial charge in [0.2, 0.25) is 11.8 Å². The third kappa shape index (κ3) is 3.84. The molecule has 1 heterocycles. The van der Waals surface area contributed by atoms with E-state index in [4.69, 9.17) is 0 Å². The largest absolute Gasteiger partial charge is 0.481 e. The summed E-state index contributed by atoms with van der Waals surface area (Å²) in [5.74, 6) is -1.06. The van der Waals surface area contributed by atoms with Crippen LogP contribution in [-0.2, 0) is 14.4 Å². The minimum Gasteiger partial charge on any atom is -0.481 e. The molecule has 6 nitrogen and oxygen atoms in total. The molecule has 1 saturated heterocycles. The fraction of sp³-hybridized carbons (Fsp3) is 0.571. The first-order valence-electron chi connectivity index (χ1n) is 9.90. The van der Waals surface area contributed by atoms with Crippen molar-refractivity contribution in [1.29, 1.82) is 0 Å². The summed E-state index contributed by atoms with van der Waals surface area (Å²) in [6, 6.07) is 10.3. The molecule has 0 bridgehead atoms. The predicted octanol–water partition coefficient (Wildman–Crippen LogP) is 2.15. The third-order valence-corrected chi connectivity index (χ3v) is 6.28. The van der Waals surface area contributed by atoms with Crippen molar-refractivity contribution in [1.82, 2.24) is 10.2 Å². The van der Waals surface area contributed by atoms with Gasteiger partial charge in [-0.05, 0) is 31.2 Å². The number of aliphatic carboxylic acids is 1. The molecule has 5 atom stereocenters. The van der Waals surface area contributed by atoms with Crippen LogP contribution in [0.1, 0.15) is 50.0 Å². The molecule has 3 aliphatic rings. The van der Waals surface area contributed by atoms with E-state index in [1.807, 2.05) is 23.1 Å². The number of hydrogen-bond donors (Lipinski definition) is 2. The molecule has 1 aromatic rings. The number of amides is 2. The van der Waals surface area contributed by atoms with Gasteiger partial charge in [0.25, 0.3) is 0 Å². The smallest absolute Gasteiger partial charge is 0.306 e. The van der Waals surface area contributed by atoms with Gasteiger partial charge in [0.1, 0.15) is 0 Å². The topological polar surface area (TPSA) is 86.7 Å². The Balaban J connectivity index is 1.31. The Morgan fingerprint density at radius 1 is 1.07 bits per heavy atom. The van der Waals surface area contributed by atoms with Gasteiger partial charge in [-0.1, -0.05) is 36.8 Å². The van der Waals surface area contributed by atoms with E-state index < -0.39 is 11.9 Å². The summed E-state index contributed by atoms with van der Waals surface area (Å²) in [7, 11) is 0. The molecule has 0 aromatic heterocycles. The molecule has 5 unspecified atom stereocenters. The molecule has 2 amide bonds. The van der Waals surface area contributed by atoms with Crippen molar-refractivity contribution in [2.75, 3.05) is 6.54 Å². The molecular formula is C21H26N2O4. The van der Waals surface area contributed by atoms with Crippen LogP contribution < -0.4 is 5.32 Å². The summed E-state index contributed by atoms with van der Waals surface area (Å²) < 4.78 is 0. The summed E-state index contributed by atoms with van der Waals surface area (Å²) in [5, 5.41) is 12.2. The van der Waals surface area contributed by atoms with Crippen molar-refractivity contribution in [2.45, 2.75) is 56.5 Å².